The van der Waals surface area contributed by atoms with Gasteiger partial charge in [0, 0.05) is 24.6 Å². The second kappa shape index (κ2) is 11.4. The van der Waals surface area contributed by atoms with E-state index in [0.29, 0.717) is 22.8 Å². The summed E-state index contributed by atoms with van der Waals surface area (Å²) >= 11 is 1.25. The molecule has 3 aromatic rings. The normalized spacial score (nSPS) is 10.8. The molecular formula is C24H19F3N6O2S. The lowest BCUT2D eigenvalue weighted by molar-refractivity contribution is -0.153. The predicted octanol–water partition coefficient (Wildman–Crippen LogP) is 4.10. The van der Waals surface area contributed by atoms with Gasteiger partial charge in [-0.25, -0.2) is 4.98 Å². The largest absolute Gasteiger partial charge is 0.484 e. The van der Waals surface area contributed by atoms with Crippen LogP contribution in [-0.4, -0.2) is 41.5 Å². The third-order valence-corrected chi connectivity index (χ3v) is 5.85. The minimum atomic E-state index is -4.48. The summed E-state index contributed by atoms with van der Waals surface area (Å²) in [6.07, 6.45) is -2.42. The summed E-state index contributed by atoms with van der Waals surface area (Å²) in [4.78, 5) is 20.1. The number of nitrogens with zero attached hydrogens (tertiary/aromatic N) is 4. The Labute approximate surface area is 208 Å². The summed E-state index contributed by atoms with van der Waals surface area (Å²) in [7, 11) is 1.51. The van der Waals surface area contributed by atoms with Crippen molar-refractivity contribution >= 4 is 23.5 Å². The van der Waals surface area contributed by atoms with E-state index in [2.05, 4.69) is 21.4 Å². The smallest absolute Gasteiger partial charge is 0.422 e. The number of halogens is 3. The first-order valence-electron chi connectivity index (χ1n) is 10.4. The number of pyridine rings is 2. The molecule has 0 saturated heterocycles. The van der Waals surface area contributed by atoms with Gasteiger partial charge < -0.3 is 15.8 Å². The van der Waals surface area contributed by atoms with Gasteiger partial charge in [-0.3, -0.25) is 9.78 Å². The summed E-state index contributed by atoms with van der Waals surface area (Å²) < 4.78 is 42.0. The van der Waals surface area contributed by atoms with Crippen molar-refractivity contribution in [3.05, 3.63) is 65.0 Å². The maximum absolute atomic E-state index is 12.4. The van der Waals surface area contributed by atoms with Crippen molar-refractivity contribution < 1.29 is 22.7 Å². The number of nitrogens with two attached hydrogens (primary N) is 1. The van der Waals surface area contributed by atoms with Crippen LogP contribution in [-0.2, 0) is 6.42 Å². The molecule has 2 aromatic heterocycles. The van der Waals surface area contributed by atoms with Crippen LogP contribution in [0.4, 0.5) is 19.0 Å². The van der Waals surface area contributed by atoms with Crippen LogP contribution < -0.4 is 15.8 Å². The van der Waals surface area contributed by atoms with Crippen molar-refractivity contribution in [2.45, 2.75) is 17.6 Å². The summed E-state index contributed by atoms with van der Waals surface area (Å²) in [5.41, 5.74) is 7.90. The number of anilines is 1. The molecule has 0 fully saturated rings. The maximum atomic E-state index is 12.4. The molecule has 3 N–H and O–H groups in total. The summed E-state index contributed by atoms with van der Waals surface area (Å²) in [5.74, 6) is 0.0844. The van der Waals surface area contributed by atoms with E-state index in [1.54, 1.807) is 12.1 Å². The fourth-order valence-electron chi connectivity index (χ4n) is 3.22. The molecule has 1 aromatic carbocycles. The third kappa shape index (κ3) is 6.43. The molecule has 0 aliphatic heterocycles. The van der Waals surface area contributed by atoms with Crippen molar-refractivity contribution in [3.63, 3.8) is 0 Å². The van der Waals surface area contributed by atoms with Gasteiger partial charge in [-0.2, -0.15) is 23.7 Å². The lowest BCUT2D eigenvalue weighted by atomic mass is 9.97. The number of hydrogen-bond donors (Lipinski definition) is 2. The number of nitrogen functional groups attached to an aromatic ring is 1. The van der Waals surface area contributed by atoms with Crippen LogP contribution >= 0.6 is 11.8 Å². The molecule has 3 rings (SSSR count). The number of carbonyl (C=O) groups is 1. The topological polar surface area (TPSA) is 138 Å². The molecular weight excluding hydrogens is 493 g/mol. The van der Waals surface area contributed by atoms with E-state index >= 15 is 0 Å². The summed E-state index contributed by atoms with van der Waals surface area (Å²) in [6.45, 7) is -1.44. The summed E-state index contributed by atoms with van der Waals surface area (Å²) in [6, 6.07) is 13.0. The zero-order valence-corrected chi connectivity index (χ0v) is 19.7. The molecule has 1 amide bonds. The fraction of sp³-hybridized carbons (Fsp3) is 0.208. The maximum Gasteiger partial charge on any atom is 0.422 e. The van der Waals surface area contributed by atoms with Crippen molar-refractivity contribution in [1.29, 1.82) is 10.5 Å². The quantitative estimate of drug-likeness (QED) is 0.430. The first-order chi connectivity index (χ1) is 17.2. The Morgan fingerprint density at radius 3 is 2.47 bits per heavy atom. The van der Waals surface area contributed by atoms with E-state index in [-0.39, 0.29) is 39.9 Å². The third-order valence-electron chi connectivity index (χ3n) is 4.87. The summed E-state index contributed by atoms with van der Waals surface area (Å²) in [5, 5.41) is 22.3. The van der Waals surface area contributed by atoms with Gasteiger partial charge >= 0.3 is 6.18 Å². The molecule has 8 nitrogen and oxygen atoms in total. The van der Waals surface area contributed by atoms with Gasteiger partial charge in [0.1, 0.15) is 40.0 Å². The number of ether oxygens (including phenoxy) is 1. The first kappa shape index (κ1) is 26.3. The van der Waals surface area contributed by atoms with E-state index in [0.717, 1.165) is 5.56 Å². The molecule has 0 bridgehead atoms. The second-order valence-corrected chi connectivity index (χ2v) is 8.39. The van der Waals surface area contributed by atoms with Crippen LogP contribution in [0.5, 0.6) is 5.75 Å². The van der Waals surface area contributed by atoms with E-state index in [4.69, 9.17) is 10.5 Å². The zero-order valence-electron chi connectivity index (χ0n) is 18.9. The van der Waals surface area contributed by atoms with Gasteiger partial charge in [0.15, 0.2) is 6.61 Å². The lowest BCUT2D eigenvalue weighted by Gasteiger charge is -2.14. The highest BCUT2D eigenvalue weighted by molar-refractivity contribution is 7.99. The number of alkyl halides is 3. The number of amides is 1. The van der Waals surface area contributed by atoms with Crippen molar-refractivity contribution in [1.82, 2.24) is 15.3 Å². The van der Waals surface area contributed by atoms with E-state index in [1.165, 1.54) is 49.3 Å². The molecule has 0 spiro atoms. The minimum Gasteiger partial charge on any atom is -0.484 e. The van der Waals surface area contributed by atoms with Crippen LogP contribution in [0.15, 0.2) is 47.6 Å². The zero-order chi connectivity index (χ0) is 26.3. The Kier molecular flexibility index (Phi) is 8.35. The predicted molar refractivity (Wildman–Crippen MR) is 127 cm³/mol. The standard InChI is InChI=1S/C24H19F3N6O2S/c1-31-22(34)19-10-14(6-8-32-19)7-9-36-23-18(12-29)20(17(11-28)21(30)33-23)15-2-4-16(5-3-15)35-13-24(25,26)27/h2-6,8,10H,7,9,13H2,1H3,(H2,30,33)(H,31,34). The van der Waals surface area contributed by atoms with Gasteiger partial charge in [-0.1, -0.05) is 12.1 Å². The highest BCUT2D eigenvalue weighted by Gasteiger charge is 2.28. The number of nitrogens with one attached hydrogen (secondary N) is 1. The van der Waals surface area contributed by atoms with Crippen LogP contribution in [0.1, 0.15) is 27.2 Å². The van der Waals surface area contributed by atoms with E-state index in [1.807, 2.05) is 6.07 Å². The molecule has 0 unspecified atom stereocenters. The molecule has 0 aliphatic carbocycles. The second-order valence-electron chi connectivity index (χ2n) is 7.31. The SMILES string of the molecule is CNC(=O)c1cc(CCSc2nc(N)c(C#N)c(-c3ccc(OCC(F)(F)F)cc3)c2C#N)ccn1. The number of hydrogen-bond acceptors (Lipinski definition) is 8. The Hall–Kier alpha value is -4.29. The number of rotatable bonds is 8. The van der Waals surface area contributed by atoms with Crippen LogP contribution in [0.2, 0.25) is 0 Å². The molecule has 2 heterocycles. The van der Waals surface area contributed by atoms with E-state index in [9.17, 15) is 28.5 Å². The molecule has 0 aliphatic rings. The highest BCUT2D eigenvalue weighted by atomic mass is 32.2. The number of aryl methyl sites for hydroxylation is 1. The van der Waals surface area contributed by atoms with E-state index < -0.39 is 12.8 Å². The number of nitriles is 2. The average molecular weight is 513 g/mol. The van der Waals surface area contributed by atoms with Gasteiger partial charge in [0.25, 0.3) is 5.91 Å². The average Bonchev–Trinajstić information content (AvgIpc) is 2.86. The lowest BCUT2D eigenvalue weighted by Crippen LogP contribution is -2.19. The molecule has 0 atom stereocenters. The van der Waals surface area contributed by atoms with Crippen LogP contribution in [0.25, 0.3) is 11.1 Å². The number of thioether (sulfide) groups is 1. The number of benzene rings is 1. The van der Waals surface area contributed by atoms with Crippen molar-refractivity contribution in [2.24, 2.45) is 0 Å². The Morgan fingerprint density at radius 1 is 1.17 bits per heavy atom. The van der Waals surface area contributed by atoms with Gasteiger partial charge in [-0.15, -0.1) is 11.8 Å². The number of aromatic nitrogens is 2. The molecule has 184 valence electrons. The first-order valence-corrected chi connectivity index (χ1v) is 11.4. The minimum absolute atomic E-state index is 0.00999. The van der Waals surface area contributed by atoms with Gasteiger partial charge in [0.2, 0.25) is 0 Å². The molecule has 12 heteroatoms. The Balaban J connectivity index is 1.87. The number of carbonyl (C=O) groups excluding carboxylic acids is 1. The molecule has 0 saturated carbocycles. The van der Waals surface area contributed by atoms with Gasteiger partial charge in [0.05, 0.1) is 5.56 Å². The Bertz CT molecular complexity index is 1350. The van der Waals surface area contributed by atoms with Crippen molar-refractivity contribution in [3.8, 4) is 29.0 Å². The molecule has 36 heavy (non-hydrogen) atoms. The van der Waals surface area contributed by atoms with Gasteiger partial charge in [-0.05, 0) is 41.8 Å². The monoisotopic (exact) mass is 512 g/mol. The highest BCUT2D eigenvalue weighted by Crippen LogP contribution is 2.36. The van der Waals surface area contributed by atoms with Crippen LogP contribution in [0.3, 0.4) is 0 Å². The van der Waals surface area contributed by atoms with Crippen LogP contribution in [0, 0.1) is 22.7 Å². The Morgan fingerprint density at radius 2 is 1.86 bits per heavy atom. The fourth-order valence-corrected chi connectivity index (χ4v) is 4.21. The van der Waals surface area contributed by atoms with Crippen molar-refractivity contribution in [2.75, 3.05) is 25.1 Å². The molecule has 0 radical (unpaired) electrons.